The minimum atomic E-state index is -1.78. The number of benzene rings is 1. The van der Waals surface area contributed by atoms with Gasteiger partial charge < -0.3 is 10.0 Å². The lowest BCUT2D eigenvalue weighted by atomic mass is 9.90. The molecule has 0 radical (unpaired) electrons. The topological polar surface area (TPSA) is 57.6 Å². The average Bonchev–Trinajstić information content (AvgIpc) is 2.48. The Bertz CT molecular complexity index is 529. The fourth-order valence-corrected chi connectivity index (χ4v) is 2.54. The van der Waals surface area contributed by atoms with Crippen molar-refractivity contribution in [3.63, 3.8) is 0 Å². The van der Waals surface area contributed by atoms with Crippen molar-refractivity contribution < 1.29 is 14.7 Å². The molecule has 1 unspecified atom stereocenters. The summed E-state index contributed by atoms with van der Waals surface area (Å²) in [6.07, 6.45) is -0.227. The van der Waals surface area contributed by atoms with Crippen molar-refractivity contribution in [1.29, 1.82) is 0 Å². The van der Waals surface area contributed by atoms with Crippen LogP contribution in [0.2, 0.25) is 5.02 Å². The number of carbonyl (C=O) groups is 2. The number of rotatable bonds is 3. The molecular formula is C13H14ClNO3. The molecule has 0 aromatic heterocycles. The van der Waals surface area contributed by atoms with E-state index in [0.29, 0.717) is 22.8 Å². The molecule has 96 valence electrons. The van der Waals surface area contributed by atoms with Crippen LogP contribution < -0.4 is 4.90 Å². The molecule has 5 heteroatoms. The van der Waals surface area contributed by atoms with Gasteiger partial charge in [0.05, 0.1) is 5.69 Å². The van der Waals surface area contributed by atoms with Gasteiger partial charge in [0, 0.05) is 23.6 Å². The quantitative estimate of drug-likeness (QED) is 0.910. The smallest absolute Gasteiger partial charge is 0.264 e. The maximum Gasteiger partial charge on any atom is 0.264 e. The first-order chi connectivity index (χ1) is 8.40. The average molecular weight is 268 g/mol. The molecule has 0 saturated heterocycles. The Morgan fingerprint density at radius 2 is 2.17 bits per heavy atom. The van der Waals surface area contributed by atoms with Crippen LogP contribution in [0, 0.1) is 0 Å². The lowest BCUT2D eigenvalue weighted by Crippen LogP contribution is -2.41. The zero-order valence-electron chi connectivity index (χ0n) is 10.2. The van der Waals surface area contributed by atoms with Gasteiger partial charge in [0.1, 0.15) is 5.78 Å². The molecule has 0 aliphatic carbocycles. The van der Waals surface area contributed by atoms with Crippen LogP contribution in [0.25, 0.3) is 0 Å². The van der Waals surface area contributed by atoms with Crippen LogP contribution in [-0.4, -0.2) is 23.3 Å². The number of hydrogen-bond acceptors (Lipinski definition) is 3. The zero-order valence-corrected chi connectivity index (χ0v) is 11.0. The number of ketones is 1. The van der Waals surface area contributed by atoms with E-state index in [2.05, 4.69) is 0 Å². The normalized spacial score (nSPS) is 22.2. The third-order valence-electron chi connectivity index (χ3n) is 3.11. The summed E-state index contributed by atoms with van der Waals surface area (Å²) in [7, 11) is 0. The molecule has 0 bridgehead atoms. The summed E-state index contributed by atoms with van der Waals surface area (Å²) in [5.41, 5.74) is -0.741. The van der Waals surface area contributed by atoms with Gasteiger partial charge in [-0.3, -0.25) is 9.59 Å². The molecule has 2 rings (SSSR count). The number of hydrogen-bond donors (Lipinski definition) is 1. The third-order valence-corrected chi connectivity index (χ3v) is 3.35. The molecule has 0 saturated carbocycles. The highest BCUT2D eigenvalue weighted by molar-refractivity contribution is 6.31. The highest BCUT2D eigenvalue weighted by Gasteiger charge is 2.49. The van der Waals surface area contributed by atoms with E-state index in [4.69, 9.17) is 11.6 Å². The molecule has 1 N–H and O–H groups in total. The Morgan fingerprint density at radius 3 is 2.72 bits per heavy atom. The standard InChI is InChI=1S/C13H14ClNO3/c1-3-15-11-5-4-9(14)6-10(11)13(18,12(15)17)7-8(2)16/h4-6,18H,3,7H2,1-2H3. The summed E-state index contributed by atoms with van der Waals surface area (Å²) in [6.45, 7) is 3.60. The van der Waals surface area contributed by atoms with Crippen molar-refractivity contribution in [3.05, 3.63) is 28.8 Å². The number of amides is 1. The van der Waals surface area contributed by atoms with Crippen molar-refractivity contribution >= 4 is 29.0 Å². The molecule has 1 aromatic carbocycles. The van der Waals surface area contributed by atoms with Crippen LogP contribution in [0.15, 0.2) is 18.2 Å². The highest BCUT2D eigenvalue weighted by Crippen LogP contribution is 2.43. The van der Waals surface area contributed by atoms with Crippen LogP contribution in [0.1, 0.15) is 25.8 Å². The van der Waals surface area contributed by atoms with Crippen LogP contribution >= 0.6 is 11.6 Å². The van der Waals surface area contributed by atoms with Crippen molar-refractivity contribution in [3.8, 4) is 0 Å². The van der Waals surface area contributed by atoms with Gasteiger partial charge in [0.2, 0.25) is 0 Å². The van der Waals surface area contributed by atoms with E-state index in [1.807, 2.05) is 6.92 Å². The summed E-state index contributed by atoms with van der Waals surface area (Å²) in [5, 5.41) is 11.0. The van der Waals surface area contributed by atoms with Crippen LogP contribution in [0.3, 0.4) is 0 Å². The predicted octanol–water partition coefficient (Wildman–Crippen LogP) is 1.87. The number of halogens is 1. The Kier molecular flexibility index (Phi) is 3.17. The molecule has 1 aliphatic heterocycles. The van der Waals surface area contributed by atoms with Crippen molar-refractivity contribution in [2.75, 3.05) is 11.4 Å². The Morgan fingerprint density at radius 1 is 1.50 bits per heavy atom. The molecule has 18 heavy (non-hydrogen) atoms. The SMILES string of the molecule is CCN1C(=O)C(O)(CC(C)=O)c2cc(Cl)ccc21. The predicted molar refractivity (Wildman–Crippen MR) is 68.7 cm³/mol. The lowest BCUT2D eigenvalue weighted by molar-refractivity contribution is -0.141. The third kappa shape index (κ3) is 1.82. The van der Waals surface area contributed by atoms with E-state index in [1.165, 1.54) is 11.8 Å². The van der Waals surface area contributed by atoms with Gasteiger partial charge in [0.15, 0.2) is 5.60 Å². The zero-order chi connectivity index (χ0) is 13.5. The summed E-state index contributed by atoms with van der Waals surface area (Å²) < 4.78 is 0. The Hall–Kier alpha value is -1.39. The molecule has 1 aliphatic rings. The van der Waals surface area contributed by atoms with Gasteiger partial charge in [-0.15, -0.1) is 0 Å². The number of anilines is 1. The van der Waals surface area contributed by atoms with Crippen molar-refractivity contribution in [2.45, 2.75) is 25.9 Å². The number of nitrogens with zero attached hydrogens (tertiary/aromatic N) is 1. The number of carbonyl (C=O) groups excluding carboxylic acids is 2. The van der Waals surface area contributed by atoms with Gasteiger partial charge in [0.25, 0.3) is 5.91 Å². The first-order valence-electron chi connectivity index (χ1n) is 5.74. The summed E-state index contributed by atoms with van der Waals surface area (Å²) in [6, 6.07) is 4.90. The maximum absolute atomic E-state index is 12.2. The van der Waals surface area contributed by atoms with E-state index in [-0.39, 0.29) is 12.2 Å². The monoisotopic (exact) mass is 267 g/mol. The number of Topliss-reactive ketones (excluding diaryl/α,β-unsaturated/α-hetero) is 1. The van der Waals surface area contributed by atoms with E-state index >= 15 is 0 Å². The Labute approximate surface area is 110 Å². The largest absolute Gasteiger partial charge is 0.375 e. The molecule has 1 heterocycles. The van der Waals surface area contributed by atoms with Gasteiger partial charge >= 0.3 is 0 Å². The van der Waals surface area contributed by atoms with Crippen LogP contribution in [-0.2, 0) is 15.2 Å². The second-order valence-electron chi connectivity index (χ2n) is 4.45. The Balaban J connectivity index is 2.60. The van der Waals surface area contributed by atoms with Crippen molar-refractivity contribution in [1.82, 2.24) is 0 Å². The molecular weight excluding hydrogens is 254 g/mol. The molecule has 1 amide bonds. The van der Waals surface area contributed by atoms with E-state index in [9.17, 15) is 14.7 Å². The van der Waals surface area contributed by atoms with Crippen LogP contribution in [0.5, 0.6) is 0 Å². The van der Waals surface area contributed by atoms with Gasteiger partial charge in [-0.2, -0.15) is 0 Å². The molecule has 1 atom stereocenters. The minimum absolute atomic E-state index is 0.227. The van der Waals surface area contributed by atoms with Gasteiger partial charge in [-0.05, 0) is 32.0 Å². The molecule has 4 nitrogen and oxygen atoms in total. The molecule has 0 fully saturated rings. The van der Waals surface area contributed by atoms with E-state index in [0.717, 1.165) is 0 Å². The van der Waals surface area contributed by atoms with Gasteiger partial charge in [-0.1, -0.05) is 11.6 Å². The molecule has 0 spiro atoms. The second kappa shape index (κ2) is 4.37. The fraction of sp³-hybridized carbons (Fsp3) is 0.385. The van der Waals surface area contributed by atoms with Crippen LogP contribution in [0.4, 0.5) is 5.69 Å². The fourth-order valence-electron chi connectivity index (χ4n) is 2.37. The van der Waals surface area contributed by atoms with E-state index < -0.39 is 11.5 Å². The lowest BCUT2D eigenvalue weighted by Gasteiger charge is -2.21. The summed E-state index contributed by atoms with van der Waals surface area (Å²) in [4.78, 5) is 25.0. The first kappa shape index (κ1) is 13.1. The minimum Gasteiger partial charge on any atom is -0.375 e. The maximum atomic E-state index is 12.2. The number of likely N-dealkylation sites (N-methyl/N-ethyl adjacent to an activating group) is 1. The number of aliphatic hydroxyl groups is 1. The summed E-state index contributed by atoms with van der Waals surface area (Å²) >= 11 is 5.90. The molecule has 1 aromatic rings. The first-order valence-corrected chi connectivity index (χ1v) is 6.11. The second-order valence-corrected chi connectivity index (χ2v) is 4.89. The summed E-state index contributed by atoms with van der Waals surface area (Å²) in [5.74, 6) is -0.702. The van der Waals surface area contributed by atoms with Crippen molar-refractivity contribution in [2.24, 2.45) is 0 Å². The van der Waals surface area contributed by atoms with E-state index in [1.54, 1.807) is 18.2 Å². The number of fused-ring (bicyclic) bond motifs is 1. The van der Waals surface area contributed by atoms with Gasteiger partial charge in [-0.25, -0.2) is 0 Å². The highest BCUT2D eigenvalue weighted by atomic mass is 35.5.